The van der Waals surface area contributed by atoms with Crippen molar-refractivity contribution in [2.24, 2.45) is 0 Å². The zero-order valence-electron chi connectivity index (χ0n) is 13.7. The smallest absolute Gasteiger partial charge is 0.221 e. The molecule has 122 valence electrons. The van der Waals surface area contributed by atoms with Gasteiger partial charge in [-0.15, -0.1) is 0 Å². The maximum Gasteiger partial charge on any atom is 0.221 e. The third kappa shape index (κ3) is 4.68. The molecule has 0 radical (unpaired) electrons. The lowest BCUT2D eigenvalue weighted by Gasteiger charge is -2.16. The van der Waals surface area contributed by atoms with E-state index in [2.05, 4.69) is 16.7 Å². The Hall–Kier alpha value is -3.13. The summed E-state index contributed by atoms with van der Waals surface area (Å²) < 4.78 is 0. The molecule has 0 spiro atoms. The van der Waals surface area contributed by atoms with E-state index in [0.717, 1.165) is 22.5 Å². The van der Waals surface area contributed by atoms with Crippen LogP contribution in [0.4, 0.5) is 11.4 Å². The van der Waals surface area contributed by atoms with Crippen LogP contribution in [0.5, 0.6) is 0 Å². The van der Waals surface area contributed by atoms with Crippen molar-refractivity contribution in [1.82, 2.24) is 0 Å². The van der Waals surface area contributed by atoms with Gasteiger partial charge in [0.05, 0.1) is 6.07 Å². The third-order valence-electron chi connectivity index (χ3n) is 3.56. The van der Waals surface area contributed by atoms with E-state index in [1.54, 1.807) is 0 Å². The number of rotatable bonds is 5. The molecule has 2 amide bonds. The SMILES string of the molecule is CC(=O)Nc1ccc(C(CC#N)c2ccc(NC(C)=O)cc2)cc1. The number of nitriles is 1. The average molecular weight is 321 g/mol. The number of carbonyl (C=O) groups excluding carboxylic acids is 2. The fraction of sp³-hybridized carbons (Fsp3) is 0.211. The molecule has 0 aliphatic heterocycles. The van der Waals surface area contributed by atoms with Crippen LogP contribution in [-0.2, 0) is 9.59 Å². The van der Waals surface area contributed by atoms with Crippen molar-refractivity contribution in [3.8, 4) is 6.07 Å². The van der Waals surface area contributed by atoms with E-state index < -0.39 is 0 Å². The van der Waals surface area contributed by atoms with Crippen molar-refractivity contribution in [2.75, 3.05) is 10.6 Å². The summed E-state index contributed by atoms with van der Waals surface area (Å²) in [6, 6.07) is 17.2. The van der Waals surface area contributed by atoms with Crippen molar-refractivity contribution in [1.29, 1.82) is 5.26 Å². The Kier molecular flexibility index (Phi) is 5.69. The Morgan fingerprint density at radius 1 is 0.875 bits per heavy atom. The fourth-order valence-electron chi connectivity index (χ4n) is 2.52. The molecule has 0 aromatic heterocycles. The Bertz CT molecular complexity index is 699. The highest BCUT2D eigenvalue weighted by Gasteiger charge is 2.14. The second-order valence-electron chi connectivity index (χ2n) is 5.52. The summed E-state index contributed by atoms with van der Waals surface area (Å²) in [6.07, 6.45) is 0.346. The molecule has 0 aliphatic carbocycles. The molecule has 24 heavy (non-hydrogen) atoms. The van der Waals surface area contributed by atoms with Crippen molar-refractivity contribution >= 4 is 23.2 Å². The second kappa shape index (κ2) is 7.93. The van der Waals surface area contributed by atoms with Gasteiger partial charge in [0, 0.05) is 37.6 Å². The van der Waals surface area contributed by atoms with Gasteiger partial charge < -0.3 is 10.6 Å². The molecule has 0 atom stereocenters. The normalized spacial score (nSPS) is 10.1. The summed E-state index contributed by atoms with van der Waals surface area (Å²) in [5.41, 5.74) is 3.45. The first-order chi connectivity index (χ1) is 11.5. The predicted octanol–water partition coefficient (Wildman–Crippen LogP) is 3.65. The molecule has 0 bridgehead atoms. The van der Waals surface area contributed by atoms with Crippen LogP contribution in [0.15, 0.2) is 48.5 Å². The highest BCUT2D eigenvalue weighted by Crippen LogP contribution is 2.29. The van der Waals surface area contributed by atoms with Gasteiger partial charge in [-0.25, -0.2) is 0 Å². The lowest BCUT2D eigenvalue weighted by atomic mass is 9.89. The third-order valence-corrected chi connectivity index (χ3v) is 3.56. The minimum atomic E-state index is -0.120. The molecule has 2 rings (SSSR count). The van der Waals surface area contributed by atoms with Crippen molar-refractivity contribution in [2.45, 2.75) is 26.2 Å². The highest BCUT2D eigenvalue weighted by atomic mass is 16.2. The predicted molar refractivity (Wildman–Crippen MR) is 93.6 cm³/mol. The number of hydrogen-bond acceptors (Lipinski definition) is 3. The van der Waals surface area contributed by atoms with E-state index in [1.807, 2.05) is 48.5 Å². The second-order valence-corrected chi connectivity index (χ2v) is 5.52. The molecule has 0 unspecified atom stereocenters. The first kappa shape index (κ1) is 17.2. The van der Waals surface area contributed by atoms with Gasteiger partial charge in [-0.05, 0) is 35.4 Å². The molecule has 2 aromatic rings. The van der Waals surface area contributed by atoms with Gasteiger partial charge in [0.25, 0.3) is 0 Å². The van der Waals surface area contributed by atoms with Gasteiger partial charge in [0.2, 0.25) is 11.8 Å². The molecule has 2 aromatic carbocycles. The van der Waals surface area contributed by atoms with E-state index in [-0.39, 0.29) is 17.7 Å². The number of hydrogen-bond donors (Lipinski definition) is 2. The minimum Gasteiger partial charge on any atom is -0.326 e. The summed E-state index contributed by atoms with van der Waals surface area (Å²) in [5, 5.41) is 14.6. The number of nitrogens with zero attached hydrogens (tertiary/aromatic N) is 1. The van der Waals surface area contributed by atoms with Crippen LogP contribution >= 0.6 is 0 Å². The Morgan fingerprint density at radius 3 is 1.54 bits per heavy atom. The van der Waals surface area contributed by atoms with Crippen LogP contribution < -0.4 is 10.6 Å². The van der Waals surface area contributed by atoms with Gasteiger partial charge in [0.15, 0.2) is 0 Å². The number of carbonyl (C=O) groups is 2. The van der Waals surface area contributed by atoms with E-state index in [0.29, 0.717) is 6.42 Å². The van der Waals surface area contributed by atoms with Crippen LogP contribution in [0.1, 0.15) is 37.3 Å². The van der Waals surface area contributed by atoms with Gasteiger partial charge in [-0.2, -0.15) is 5.26 Å². The molecule has 5 heteroatoms. The van der Waals surface area contributed by atoms with Crippen molar-refractivity contribution < 1.29 is 9.59 Å². The Balaban J connectivity index is 2.24. The number of anilines is 2. The molecule has 0 saturated carbocycles. The number of amides is 2. The summed E-state index contributed by atoms with van der Waals surface area (Å²) in [6.45, 7) is 2.92. The summed E-state index contributed by atoms with van der Waals surface area (Å²) >= 11 is 0. The molecular formula is C19H19N3O2. The molecule has 5 nitrogen and oxygen atoms in total. The van der Waals surface area contributed by atoms with Crippen LogP contribution in [0, 0.1) is 11.3 Å². The van der Waals surface area contributed by atoms with Crippen molar-refractivity contribution in [3.63, 3.8) is 0 Å². The minimum absolute atomic E-state index is 0.0623. The largest absolute Gasteiger partial charge is 0.326 e. The number of nitrogens with one attached hydrogen (secondary N) is 2. The molecule has 0 fully saturated rings. The molecule has 0 heterocycles. The van der Waals surface area contributed by atoms with E-state index in [9.17, 15) is 9.59 Å². The molecular weight excluding hydrogens is 302 g/mol. The summed E-state index contributed by atoms with van der Waals surface area (Å²) in [7, 11) is 0. The Morgan fingerprint density at radius 2 is 1.25 bits per heavy atom. The zero-order valence-corrected chi connectivity index (χ0v) is 13.7. The number of benzene rings is 2. The lowest BCUT2D eigenvalue weighted by Crippen LogP contribution is -2.07. The van der Waals surface area contributed by atoms with Crippen LogP contribution in [0.25, 0.3) is 0 Å². The Labute approximate surface area is 141 Å². The van der Waals surface area contributed by atoms with Crippen LogP contribution in [0.3, 0.4) is 0 Å². The van der Waals surface area contributed by atoms with E-state index in [4.69, 9.17) is 5.26 Å². The first-order valence-electron chi connectivity index (χ1n) is 7.61. The molecule has 0 aliphatic rings. The molecule has 0 saturated heterocycles. The zero-order chi connectivity index (χ0) is 17.5. The topological polar surface area (TPSA) is 82.0 Å². The standard InChI is InChI=1S/C19H19N3O2/c1-13(23)21-17-7-3-15(4-8-17)19(11-12-20)16-5-9-18(10-6-16)22-14(2)24/h3-10,19H,11H2,1-2H3,(H,21,23)(H,22,24). The highest BCUT2D eigenvalue weighted by molar-refractivity contribution is 5.89. The maximum atomic E-state index is 11.1. The maximum absolute atomic E-state index is 11.1. The quantitative estimate of drug-likeness (QED) is 0.882. The van der Waals surface area contributed by atoms with Crippen LogP contribution in [-0.4, -0.2) is 11.8 Å². The van der Waals surface area contributed by atoms with E-state index >= 15 is 0 Å². The lowest BCUT2D eigenvalue weighted by molar-refractivity contribution is -0.115. The monoisotopic (exact) mass is 321 g/mol. The molecule has 2 N–H and O–H groups in total. The average Bonchev–Trinajstić information content (AvgIpc) is 2.53. The first-order valence-corrected chi connectivity index (χ1v) is 7.61. The van der Waals surface area contributed by atoms with Gasteiger partial charge >= 0.3 is 0 Å². The van der Waals surface area contributed by atoms with E-state index in [1.165, 1.54) is 13.8 Å². The van der Waals surface area contributed by atoms with Gasteiger partial charge in [-0.3, -0.25) is 9.59 Å². The van der Waals surface area contributed by atoms with Gasteiger partial charge in [0.1, 0.15) is 0 Å². The fourth-order valence-corrected chi connectivity index (χ4v) is 2.52. The van der Waals surface area contributed by atoms with Gasteiger partial charge in [-0.1, -0.05) is 24.3 Å². The summed E-state index contributed by atoms with van der Waals surface area (Å²) in [5.74, 6) is -0.303. The summed E-state index contributed by atoms with van der Waals surface area (Å²) in [4.78, 5) is 22.2. The van der Waals surface area contributed by atoms with Crippen molar-refractivity contribution in [3.05, 3.63) is 59.7 Å². The van der Waals surface area contributed by atoms with Crippen LogP contribution in [0.2, 0.25) is 0 Å².